The van der Waals surface area contributed by atoms with Gasteiger partial charge in [0.25, 0.3) is 0 Å². The van der Waals surface area contributed by atoms with Gasteiger partial charge in [-0.15, -0.1) is 0 Å². The number of ether oxygens (including phenoxy) is 1. The maximum Gasteiger partial charge on any atom is 0.184 e. The number of hydrogen-bond acceptors (Lipinski definition) is 3. The van der Waals surface area contributed by atoms with Crippen LogP contribution in [0.2, 0.25) is 0 Å². The fourth-order valence-electron chi connectivity index (χ4n) is 2.84. The summed E-state index contributed by atoms with van der Waals surface area (Å²) in [5.41, 5.74) is -0.288. The average molecular weight is 361 g/mol. The summed E-state index contributed by atoms with van der Waals surface area (Å²) in [6.07, 6.45) is 0. The fourth-order valence-corrected chi connectivity index (χ4v) is 2.84. The molecule has 0 saturated carbocycles. The summed E-state index contributed by atoms with van der Waals surface area (Å²) in [5, 5.41) is 10.6. The van der Waals surface area contributed by atoms with E-state index in [1.54, 1.807) is 19.1 Å². The lowest BCUT2D eigenvalue weighted by atomic mass is 9.97. The van der Waals surface area contributed by atoms with Crippen LogP contribution >= 0.6 is 0 Å². The average Bonchev–Trinajstić information content (AvgIpc) is 2.56. The van der Waals surface area contributed by atoms with Crippen LogP contribution in [0.3, 0.4) is 0 Å². The first-order valence-corrected chi connectivity index (χ1v) is 8.07. The number of aryl methyl sites for hydroxylation is 1. The summed E-state index contributed by atoms with van der Waals surface area (Å²) < 4.78 is 47.0. The second-order valence-corrected chi connectivity index (χ2v) is 6.63. The summed E-state index contributed by atoms with van der Waals surface area (Å²) in [4.78, 5) is 4.12. The van der Waals surface area contributed by atoms with E-state index in [1.165, 1.54) is 32.0 Å². The van der Waals surface area contributed by atoms with E-state index in [1.807, 2.05) is 0 Å². The third kappa shape index (κ3) is 3.37. The molecule has 3 aromatic rings. The van der Waals surface area contributed by atoms with Crippen molar-refractivity contribution >= 4 is 10.9 Å². The molecule has 136 valence electrons. The molecular weight excluding hydrogens is 343 g/mol. The van der Waals surface area contributed by atoms with Gasteiger partial charge in [0.15, 0.2) is 11.6 Å². The molecule has 2 aromatic carbocycles. The molecule has 0 saturated heterocycles. The van der Waals surface area contributed by atoms with Crippen molar-refractivity contribution in [2.24, 2.45) is 0 Å². The Kier molecular flexibility index (Phi) is 4.63. The summed E-state index contributed by atoms with van der Waals surface area (Å²) in [6, 6.07) is 8.44. The van der Waals surface area contributed by atoms with Crippen LogP contribution in [-0.4, -0.2) is 10.1 Å². The van der Waals surface area contributed by atoms with Crippen molar-refractivity contribution in [1.82, 2.24) is 4.98 Å². The van der Waals surface area contributed by atoms with Crippen LogP contribution in [0.4, 0.5) is 13.2 Å². The Balaban J connectivity index is 1.95. The van der Waals surface area contributed by atoms with Gasteiger partial charge in [-0.2, -0.15) is 0 Å². The second kappa shape index (κ2) is 6.61. The van der Waals surface area contributed by atoms with Crippen molar-refractivity contribution in [3.05, 3.63) is 70.7 Å². The van der Waals surface area contributed by atoms with Gasteiger partial charge in [0.2, 0.25) is 0 Å². The SMILES string of the molecule is Cc1nc2c(F)c(F)ccc2cc1COc1cccc(F)c1C(C)(C)O. The van der Waals surface area contributed by atoms with Crippen molar-refractivity contribution in [2.75, 3.05) is 0 Å². The lowest BCUT2D eigenvalue weighted by Crippen LogP contribution is -2.19. The molecule has 6 heteroatoms. The molecule has 3 rings (SSSR count). The van der Waals surface area contributed by atoms with Crippen LogP contribution in [0, 0.1) is 24.4 Å². The maximum absolute atomic E-state index is 14.1. The van der Waals surface area contributed by atoms with E-state index < -0.39 is 23.1 Å². The van der Waals surface area contributed by atoms with Gasteiger partial charge in [-0.05, 0) is 51.1 Å². The zero-order chi connectivity index (χ0) is 19.1. The van der Waals surface area contributed by atoms with Crippen LogP contribution in [-0.2, 0) is 12.2 Å². The maximum atomic E-state index is 14.1. The highest BCUT2D eigenvalue weighted by molar-refractivity contribution is 5.80. The van der Waals surface area contributed by atoms with Crippen molar-refractivity contribution in [3.8, 4) is 5.75 Å². The molecule has 0 fully saturated rings. The van der Waals surface area contributed by atoms with E-state index in [0.29, 0.717) is 16.6 Å². The first-order chi connectivity index (χ1) is 12.2. The van der Waals surface area contributed by atoms with Gasteiger partial charge < -0.3 is 9.84 Å². The van der Waals surface area contributed by atoms with Gasteiger partial charge in [-0.1, -0.05) is 6.07 Å². The van der Waals surface area contributed by atoms with Crippen LogP contribution in [0.15, 0.2) is 36.4 Å². The van der Waals surface area contributed by atoms with Crippen LogP contribution < -0.4 is 4.74 Å². The van der Waals surface area contributed by atoms with E-state index in [4.69, 9.17) is 4.74 Å². The van der Waals surface area contributed by atoms with Gasteiger partial charge in [0, 0.05) is 16.6 Å². The third-order valence-corrected chi connectivity index (χ3v) is 4.14. The predicted octanol–water partition coefficient (Wildman–Crippen LogP) is 4.77. The van der Waals surface area contributed by atoms with E-state index in [-0.39, 0.29) is 23.4 Å². The largest absolute Gasteiger partial charge is 0.488 e. The van der Waals surface area contributed by atoms with Crippen LogP contribution in [0.1, 0.15) is 30.7 Å². The molecule has 0 spiro atoms. The summed E-state index contributed by atoms with van der Waals surface area (Å²) in [5.74, 6) is -2.31. The molecule has 0 amide bonds. The van der Waals surface area contributed by atoms with E-state index in [0.717, 1.165) is 6.07 Å². The van der Waals surface area contributed by atoms with Crippen LogP contribution in [0.5, 0.6) is 5.75 Å². The summed E-state index contributed by atoms with van der Waals surface area (Å²) >= 11 is 0. The number of pyridine rings is 1. The Labute approximate surface area is 149 Å². The van der Waals surface area contributed by atoms with Crippen molar-refractivity contribution < 1.29 is 23.0 Å². The van der Waals surface area contributed by atoms with Crippen molar-refractivity contribution in [2.45, 2.75) is 33.0 Å². The molecule has 1 N–H and O–H groups in total. The smallest absolute Gasteiger partial charge is 0.184 e. The fraction of sp³-hybridized carbons (Fsp3) is 0.250. The summed E-state index contributed by atoms with van der Waals surface area (Å²) in [7, 11) is 0. The molecule has 0 aliphatic rings. The number of hydrogen-bond donors (Lipinski definition) is 1. The highest BCUT2D eigenvalue weighted by atomic mass is 19.2. The Bertz CT molecular complexity index is 981. The minimum absolute atomic E-state index is 0.0420. The normalized spacial score (nSPS) is 11.8. The molecule has 0 radical (unpaired) electrons. The molecule has 0 unspecified atom stereocenters. The van der Waals surface area contributed by atoms with E-state index >= 15 is 0 Å². The van der Waals surface area contributed by atoms with E-state index in [9.17, 15) is 18.3 Å². The first kappa shape index (κ1) is 18.2. The zero-order valence-electron chi connectivity index (χ0n) is 14.6. The molecule has 0 aliphatic carbocycles. The molecule has 1 aromatic heterocycles. The Morgan fingerprint density at radius 1 is 1.08 bits per heavy atom. The second-order valence-electron chi connectivity index (χ2n) is 6.63. The molecule has 1 heterocycles. The number of halogens is 3. The zero-order valence-corrected chi connectivity index (χ0v) is 14.6. The standard InChI is InChI=1S/C20H18F3NO2/c1-11-13(9-12-7-8-15(22)18(23)19(12)24-11)10-26-16-6-4-5-14(21)17(16)20(2,3)25/h4-9,25H,10H2,1-3H3. The minimum atomic E-state index is -1.42. The van der Waals surface area contributed by atoms with Crippen LogP contribution in [0.25, 0.3) is 10.9 Å². The monoisotopic (exact) mass is 361 g/mol. The van der Waals surface area contributed by atoms with E-state index in [2.05, 4.69) is 4.98 Å². The molecule has 3 nitrogen and oxygen atoms in total. The molecule has 26 heavy (non-hydrogen) atoms. The van der Waals surface area contributed by atoms with Crippen molar-refractivity contribution in [1.29, 1.82) is 0 Å². The van der Waals surface area contributed by atoms with Gasteiger partial charge >= 0.3 is 0 Å². The van der Waals surface area contributed by atoms with Gasteiger partial charge in [-0.3, -0.25) is 0 Å². The Hall–Kier alpha value is -2.60. The first-order valence-electron chi connectivity index (χ1n) is 8.07. The number of benzene rings is 2. The minimum Gasteiger partial charge on any atom is -0.488 e. The number of aliphatic hydroxyl groups is 1. The highest BCUT2D eigenvalue weighted by Gasteiger charge is 2.25. The molecule has 0 aliphatic heterocycles. The quantitative estimate of drug-likeness (QED) is 0.728. The van der Waals surface area contributed by atoms with Gasteiger partial charge in [0.05, 0.1) is 11.2 Å². The Morgan fingerprint density at radius 2 is 1.81 bits per heavy atom. The van der Waals surface area contributed by atoms with Crippen molar-refractivity contribution in [3.63, 3.8) is 0 Å². The molecular formula is C20H18F3NO2. The molecule has 0 bridgehead atoms. The third-order valence-electron chi connectivity index (χ3n) is 4.14. The van der Waals surface area contributed by atoms with Gasteiger partial charge in [-0.25, -0.2) is 18.2 Å². The number of nitrogens with zero attached hydrogens (tertiary/aromatic N) is 1. The predicted molar refractivity (Wildman–Crippen MR) is 92.4 cm³/mol. The van der Waals surface area contributed by atoms with Gasteiger partial charge in [0.1, 0.15) is 23.7 Å². The summed E-state index contributed by atoms with van der Waals surface area (Å²) in [6.45, 7) is 4.64. The Morgan fingerprint density at radius 3 is 2.50 bits per heavy atom. The lowest BCUT2D eigenvalue weighted by molar-refractivity contribution is 0.0701. The lowest BCUT2D eigenvalue weighted by Gasteiger charge is -2.22. The highest BCUT2D eigenvalue weighted by Crippen LogP contribution is 2.33. The topological polar surface area (TPSA) is 42.4 Å². The number of rotatable bonds is 4. The molecule has 0 atom stereocenters. The number of fused-ring (bicyclic) bond motifs is 1. The number of aromatic nitrogens is 1.